The highest BCUT2D eigenvalue weighted by atomic mass is 32.2. The Hall–Kier alpha value is -0.260. The number of rotatable bonds is 6. The van der Waals surface area contributed by atoms with Gasteiger partial charge >= 0.3 is 0 Å². The van der Waals surface area contributed by atoms with Crippen molar-refractivity contribution < 1.29 is 9.53 Å². The van der Waals surface area contributed by atoms with Crippen LogP contribution in [0.1, 0.15) is 38.5 Å². The van der Waals surface area contributed by atoms with E-state index in [1.54, 1.807) is 7.11 Å². The summed E-state index contributed by atoms with van der Waals surface area (Å²) < 4.78 is 5.15. The third-order valence-electron chi connectivity index (χ3n) is 4.31. The molecule has 1 atom stereocenters. The molecule has 1 heterocycles. The fourth-order valence-electron chi connectivity index (χ4n) is 3.13. The first-order valence-corrected chi connectivity index (χ1v) is 8.45. The van der Waals surface area contributed by atoms with Crippen molar-refractivity contribution in [1.29, 1.82) is 0 Å². The lowest BCUT2D eigenvalue weighted by Gasteiger charge is -2.32. The van der Waals surface area contributed by atoms with E-state index in [9.17, 15) is 4.79 Å². The Morgan fingerprint density at radius 1 is 1.47 bits per heavy atom. The number of thioether (sulfide) groups is 1. The predicted octanol–water partition coefficient (Wildman–Crippen LogP) is 1.63. The van der Waals surface area contributed by atoms with Gasteiger partial charge in [0, 0.05) is 37.4 Å². The van der Waals surface area contributed by atoms with Crippen LogP contribution in [0, 0.1) is 0 Å². The lowest BCUT2D eigenvalue weighted by molar-refractivity contribution is -0.135. The number of carbonyl (C=O) groups excluding carboxylic acids is 1. The van der Waals surface area contributed by atoms with Crippen LogP contribution in [0.3, 0.4) is 0 Å². The molecule has 0 aromatic rings. The SMILES string of the molecule is COCCN(C(=O)CC1(N)CCCC1)C1CCSC1. The van der Waals surface area contributed by atoms with Crippen LogP contribution >= 0.6 is 11.8 Å². The third kappa shape index (κ3) is 4.10. The molecule has 2 rings (SSSR count). The molecular formula is C14H26N2O2S. The Labute approximate surface area is 120 Å². The van der Waals surface area contributed by atoms with E-state index < -0.39 is 0 Å². The summed E-state index contributed by atoms with van der Waals surface area (Å²) in [5.41, 5.74) is 6.10. The molecule has 2 N–H and O–H groups in total. The van der Waals surface area contributed by atoms with Crippen LogP contribution in [-0.4, -0.2) is 54.2 Å². The van der Waals surface area contributed by atoms with Gasteiger partial charge in [-0.15, -0.1) is 0 Å². The fourth-order valence-corrected chi connectivity index (χ4v) is 4.35. The molecule has 2 fully saturated rings. The maximum Gasteiger partial charge on any atom is 0.224 e. The molecule has 5 heteroatoms. The number of carbonyl (C=O) groups is 1. The van der Waals surface area contributed by atoms with Crippen molar-refractivity contribution in [2.24, 2.45) is 5.73 Å². The molecule has 110 valence electrons. The third-order valence-corrected chi connectivity index (χ3v) is 5.45. The Kier molecular flexibility index (Phi) is 5.54. The highest BCUT2D eigenvalue weighted by molar-refractivity contribution is 7.99. The van der Waals surface area contributed by atoms with Crippen molar-refractivity contribution in [2.45, 2.75) is 50.1 Å². The van der Waals surface area contributed by atoms with Crippen LogP contribution in [0.25, 0.3) is 0 Å². The summed E-state index contributed by atoms with van der Waals surface area (Å²) in [4.78, 5) is 14.6. The molecule has 1 saturated heterocycles. The number of nitrogens with zero attached hydrogens (tertiary/aromatic N) is 1. The van der Waals surface area contributed by atoms with Gasteiger partial charge in [-0.1, -0.05) is 12.8 Å². The molecule has 1 saturated carbocycles. The van der Waals surface area contributed by atoms with Crippen molar-refractivity contribution in [3.05, 3.63) is 0 Å². The van der Waals surface area contributed by atoms with Crippen molar-refractivity contribution >= 4 is 17.7 Å². The molecule has 1 aliphatic heterocycles. The lowest BCUT2D eigenvalue weighted by atomic mass is 9.93. The zero-order valence-corrected chi connectivity index (χ0v) is 12.7. The van der Waals surface area contributed by atoms with Crippen LogP contribution in [0.4, 0.5) is 0 Å². The molecule has 2 aliphatic rings. The molecule has 19 heavy (non-hydrogen) atoms. The van der Waals surface area contributed by atoms with Crippen molar-refractivity contribution in [3.63, 3.8) is 0 Å². The topological polar surface area (TPSA) is 55.6 Å². The first-order valence-electron chi connectivity index (χ1n) is 7.30. The summed E-state index contributed by atoms with van der Waals surface area (Å²) in [7, 11) is 1.69. The minimum atomic E-state index is -0.242. The Balaban J connectivity index is 1.93. The molecule has 0 bridgehead atoms. The zero-order chi connectivity index (χ0) is 13.7. The number of methoxy groups -OCH3 is 1. The molecular weight excluding hydrogens is 260 g/mol. The molecule has 0 aromatic heterocycles. The quantitative estimate of drug-likeness (QED) is 0.806. The molecule has 1 unspecified atom stereocenters. The van der Waals surface area contributed by atoms with E-state index in [2.05, 4.69) is 0 Å². The summed E-state index contributed by atoms with van der Waals surface area (Å²) in [6.45, 7) is 1.32. The van der Waals surface area contributed by atoms with E-state index in [1.807, 2.05) is 16.7 Å². The van der Waals surface area contributed by atoms with Crippen molar-refractivity contribution in [1.82, 2.24) is 4.90 Å². The van der Waals surface area contributed by atoms with Crippen molar-refractivity contribution in [2.75, 3.05) is 31.8 Å². The number of hydrogen-bond donors (Lipinski definition) is 1. The molecule has 0 radical (unpaired) electrons. The maximum absolute atomic E-state index is 12.6. The van der Waals surface area contributed by atoms with Gasteiger partial charge in [-0.05, 0) is 25.0 Å². The van der Waals surface area contributed by atoms with Crippen molar-refractivity contribution in [3.8, 4) is 0 Å². The van der Waals surface area contributed by atoms with Gasteiger partial charge in [0.15, 0.2) is 0 Å². The highest BCUT2D eigenvalue weighted by Crippen LogP contribution is 2.31. The van der Waals surface area contributed by atoms with Crippen LogP contribution in [0.2, 0.25) is 0 Å². The summed E-state index contributed by atoms with van der Waals surface area (Å²) in [5, 5.41) is 0. The van der Waals surface area contributed by atoms with Crippen LogP contribution < -0.4 is 5.73 Å². The van der Waals surface area contributed by atoms with Gasteiger partial charge in [0.1, 0.15) is 0 Å². The number of nitrogens with two attached hydrogens (primary N) is 1. The Morgan fingerprint density at radius 3 is 2.79 bits per heavy atom. The minimum absolute atomic E-state index is 0.231. The predicted molar refractivity (Wildman–Crippen MR) is 79.3 cm³/mol. The van der Waals surface area contributed by atoms with E-state index in [0.717, 1.165) is 30.8 Å². The summed E-state index contributed by atoms with van der Waals surface area (Å²) >= 11 is 1.94. The average molecular weight is 286 g/mol. The first kappa shape index (κ1) is 15.1. The van der Waals surface area contributed by atoms with Gasteiger partial charge in [-0.2, -0.15) is 11.8 Å². The highest BCUT2D eigenvalue weighted by Gasteiger charge is 2.35. The van der Waals surface area contributed by atoms with Crippen LogP contribution in [0.5, 0.6) is 0 Å². The van der Waals surface area contributed by atoms with Crippen LogP contribution in [0.15, 0.2) is 0 Å². The molecule has 1 aliphatic carbocycles. The van der Waals surface area contributed by atoms with Gasteiger partial charge in [0.05, 0.1) is 6.61 Å². The second kappa shape index (κ2) is 6.95. The largest absolute Gasteiger partial charge is 0.383 e. The smallest absolute Gasteiger partial charge is 0.224 e. The Bertz CT molecular complexity index is 300. The monoisotopic (exact) mass is 286 g/mol. The molecule has 0 aromatic carbocycles. The van der Waals surface area contributed by atoms with Crippen LogP contribution in [-0.2, 0) is 9.53 Å². The fraction of sp³-hybridized carbons (Fsp3) is 0.929. The standard InChI is InChI=1S/C14H26N2O2S/c1-18-8-7-16(12-4-9-19-11-12)13(17)10-14(15)5-2-3-6-14/h12H,2-11,15H2,1H3. The minimum Gasteiger partial charge on any atom is -0.383 e. The van der Waals surface area contributed by atoms with E-state index >= 15 is 0 Å². The summed E-state index contributed by atoms with van der Waals surface area (Å²) in [6, 6.07) is 0.387. The average Bonchev–Trinajstić information content (AvgIpc) is 3.01. The van der Waals surface area contributed by atoms with E-state index in [4.69, 9.17) is 10.5 Å². The molecule has 1 amide bonds. The second-order valence-corrected chi connectivity index (χ2v) is 6.99. The van der Waals surface area contributed by atoms with E-state index in [1.165, 1.54) is 12.8 Å². The van der Waals surface area contributed by atoms with E-state index in [-0.39, 0.29) is 11.4 Å². The summed E-state index contributed by atoms with van der Waals surface area (Å²) in [5.74, 6) is 2.45. The zero-order valence-electron chi connectivity index (χ0n) is 11.9. The van der Waals surface area contributed by atoms with Gasteiger partial charge in [-0.25, -0.2) is 0 Å². The number of ether oxygens (including phenoxy) is 1. The second-order valence-electron chi connectivity index (χ2n) is 5.84. The first-order chi connectivity index (χ1) is 9.14. The van der Waals surface area contributed by atoms with Gasteiger partial charge < -0.3 is 15.4 Å². The number of amides is 1. The molecule has 4 nitrogen and oxygen atoms in total. The lowest BCUT2D eigenvalue weighted by Crippen LogP contribution is -2.48. The van der Waals surface area contributed by atoms with Gasteiger partial charge in [0.2, 0.25) is 5.91 Å². The van der Waals surface area contributed by atoms with Gasteiger partial charge in [-0.3, -0.25) is 4.79 Å². The normalized spacial score (nSPS) is 25.7. The van der Waals surface area contributed by atoms with Gasteiger partial charge in [0.25, 0.3) is 0 Å². The Morgan fingerprint density at radius 2 is 2.21 bits per heavy atom. The number of hydrogen-bond acceptors (Lipinski definition) is 4. The summed E-state index contributed by atoms with van der Waals surface area (Å²) in [6.07, 6.45) is 5.95. The molecule has 0 spiro atoms. The van der Waals surface area contributed by atoms with E-state index in [0.29, 0.717) is 25.6 Å². The maximum atomic E-state index is 12.6.